The van der Waals surface area contributed by atoms with E-state index in [0.29, 0.717) is 18.1 Å². The van der Waals surface area contributed by atoms with E-state index in [1.807, 2.05) is 58.4 Å². The molecule has 0 saturated heterocycles. The van der Waals surface area contributed by atoms with Crippen molar-refractivity contribution in [3.05, 3.63) is 78.4 Å². The van der Waals surface area contributed by atoms with E-state index in [9.17, 15) is 4.79 Å². The average molecular weight is 419 g/mol. The number of benzene rings is 1. The van der Waals surface area contributed by atoms with Gasteiger partial charge in [-0.05, 0) is 24.3 Å². The molecule has 4 heterocycles. The maximum absolute atomic E-state index is 13.1. The summed E-state index contributed by atoms with van der Waals surface area (Å²) in [4.78, 5) is 27.9. The molecule has 4 aromatic rings. The molecular formula is C22H19ClN6O. The van der Waals surface area contributed by atoms with E-state index >= 15 is 0 Å². The van der Waals surface area contributed by atoms with Gasteiger partial charge in [0.25, 0.3) is 0 Å². The largest absolute Gasteiger partial charge is 0.333 e. The number of halogens is 1. The van der Waals surface area contributed by atoms with Crippen LogP contribution >= 0.6 is 11.6 Å². The third kappa shape index (κ3) is 3.48. The minimum Gasteiger partial charge on any atom is -0.333 e. The predicted octanol–water partition coefficient (Wildman–Crippen LogP) is 3.50. The first kappa shape index (κ1) is 18.6. The van der Waals surface area contributed by atoms with Crippen molar-refractivity contribution in [2.24, 2.45) is 0 Å². The number of hydrogen-bond acceptors (Lipinski definition) is 4. The minimum atomic E-state index is 0.0535. The van der Waals surface area contributed by atoms with E-state index in [1.165, 1.54) is 0 Å². The Hall–Kier alpha value is -3.45. The van der Waals surface area contributed by atoms with Crippen LogP contribution in [0.2, 0.25) is 5.02 Å². The van der Waals surface area contributed by atoms with E-state index < -0.39 is 0 Å². The molecule has 0 bridgehead atoms. The maximum Gasteiger partial charge on any atom is 0.242 e. The predicted molar refractivity (Wildman–Crippen MR) is 114 cm³/mol. The zero-order valence-electron chi connectivity index (χ0n) is 16.1. The number of imidazole rings is 2. The number of carbonyl (C=O) groups excluding carboxylic acids is 1. The fraction of sp³-hybridized carbons (Fsp3) is 0.182. The molecule has 150 valence electrons. The molecule has 8 heteroatoms. The van der Waals surface area contributed by atoms with E-state index in [-0.39, 0.29) is 12.5 Å². The highest BCUT2D eigenvalue weighted by Gasteiger charge is 2.23. The fourth-order valence-corrected chi connectivity index (χ4v) is 3.90. The lowest BCUT2D eigenvalue weighted by Gasteiger charge is -2.28. The van der Waals surface area contributed by atoms with Crippen molar-refractivity contribution < 1.29 is 4.79 Å². The third-order valence-corrected chi connectivity index (χ3v) is 5.58. The van der Waals surface area contributed by atoms with Crippen molar-refractivity contribution in [3.63, 3.8) is 0 Å². The van der Waals surface area contributed by atoms with Crippen molar-refractivity contribution in [1.82, 2.24) is 29.0 Å². The Morgan fingerprint density at radius 3 is 2.57 bits per heavy atom. The minimum absolute atomic E-state index is 0.0535. The zero-order valence-corrected chi connectivity index (χ0v) is 16.9. The smallest absolute Gasteiger partial charge is 0.242 e. The lowest BCUT2D eigenvalue weighted by molar-refractivity contribution is -0.133. The Morgan fingerprint density at radius 2 is 1.77 bits per heavy atom. The van der Waals surface area contributed by atoms with Crippen LogP contribution in [0.15, 0.2) is 67.6 Å². The second-order valence-electron chi connectivity index (χ2n) is 7.21. The summed E-state index contributed by atoms with van der Waals surface area (Å²) >= 11 is 6.05. The molecule has 0 atom stereocenters. The molecule has 0 spiro atoms. The van der Waals surface area contributed by atoms with Gasteiger partial charge in [0, 0.05) is 47.8 Å². The number of carbonyl (C=O) groups is 1. The number of nitrogens with zero attached hydrogens (tertiary/aromatic N) is 6. The average Bonchev–Trinajstić information content (AvgIpc) is 3.41. The number of pyridine rings is 1. The molecule has 0 unspecified atom stereocenters. The van der Waals surface area contributed by atoms with Gasteiger partial charge in [-0.2, -0.15) is 0 Å². The summed E-state index contributed by atoms with van der Waals surface area (Å²) in [6.07, 6.45) is 8.84. The van der Waals surface area contributed by atoms with Crippen LogP contribution in [0.4, 0.5) is 0 Å². The highest BCUT2D eigenvalue weighted by Crippen LogP contribution is 2.31. The quantitative estimate of drug-likeness (QED) is 0.508. The molecule has 1 amide bonds. The number of fused-ring (bicyclic) bond motifs is 1. The Labute approximate surface area is 178 Å². The van der Waals surface area contributed by atoms with Crippen molar-refractivity contribution >= 4 is 17.5 Å². The van der Waals surface area contributed by atoms with Gasteiger partial charge in [-0.3, -0.25) is 9.78 Å². The normalized spacial score (nSPS) is 13.3. The molecule has 1 aliphatic heterocycles. The van der Waals surface area contributed by atoms with Crippen molar-refractivity contribution in [3.8, 4) is 22.5 Å². The monoisotopic (exact) mass is 418 g/mol. The van der Waals surface area contributed by atoms with Crippen LogP contribution in [-0.2, 0) is 24.4 Å². The number of hydrogen-bond donors (Lipinski definition) is 0. The highest BCUT2D eigenvalue weighted by atomic mass is 35.5. The van der Waals surface area contributed by atoms with Crippen LogP contribution in [0.1, 0.15) is 5.69 Å². The van der Waals surface area contributed by atoms with Gasteiger partial charge < -0.3 is 14.0 Å². The van der Waals surface area contributed by atoms with Crippen LogP contribution in [-0.4, -0.2) is 41.4 Å². The van der Waals surface area contributed by atoms with Crippen molar-refractivity contribution in [2.45, 2.75) is 19.6 Å². The molecular weight excluding hydrogens is 400 g/mol. The molecule has 0 N–H and O–H groups in total. The molecule has 0 fully saturated rings. The molecule has 5 rings (SSSR count). The van der Waals surface area contributed by atoms with Crippen LogP contribution in [0, 0.1) is 0 Å². The summed E-state index contributed by atoms with van der Waals surface area (Å²) in [5.41, 5.74) is 4.64. The van der Waals surface area contributed by atoms with Gasteiger partial charge in [-0.25, -0.2) is 9.97 Å². The van der Waals surface area contributed by atoms with Crippen LogP contribution in [0.5, 0.6) is 0 Å². The topological polar surface area (TPSA) is 68.8 Å². The van der Waals surface area contributed by atoms with Gasteiger partial charge in [0.2, 0.25) is 5.91 Å². The van der Waals surface area contributed by atoms with Crippen LogP contribution in [0.25, 0.3) is 22.5 Å². The van der Waals surface area contributed by atoms with Gasteiger partial charge in [0.05, 0.1) is 36.3 Å². The van der Waals surface area contributed by atoms with E-state index in [2.05, 4.69) is 19.5 Å². The first-order valence-electron chi connectivity index (χ1n) is 9.67. The summed E-state index contributed by atoms with van der Waals surface area (Å²) in [7, 11) is 0. The van der Waals surface area contributed by atoms with Gasteiger partial charge in [-0.15, -0.1) is 0 Å². The standard InChI is InChI=1S/C22H19ClN6O/c23-18-3-1-16(2-4-18)21-22(17-5-7-24-8-6-17)29(15-26-21)13-20(30)27-9-10-28-14-25-11-19(28)12-27/h1-8,11,14-15H,9-10,12-13H2. The Kier molecular flexibility index (Phi) is 4.80. The molecule has 7 nitrogen and oxygen atoms in total. The van der Waals surface area contributed by atoms with Gasteiger partial charge in [0.1, 0.15) is 6.54 Å². The van der Waals surface area contributed by atoms with E-state index in [1.54, 1.807) is 18.7 Å². The van der Waals surface area contributed by atoms with E-state index in [4.69, 9.17) is 11.6 Å². The molecule has 1 aromatic carbocycles. The molecule has 0 saturated carbocycles. The third-order valence-electron chi connectivity index (χ3n) is 5.33. The Morgan fingerprint density at radius 1 is 0.967 bits per heavy atom. The second-order valence-corrected chi connectivity index (χ2v) is 7.64. The summed E-state index contributed by atoms with van der Waals surface area (Å²) in [6, 6.07) is 11.4. The first-order chi connectivity index (χ1) is 14.7. The zero-order chi connectivity index (χ0) is 20.5. The summed E-state index contributed by atoms with van der Waals surface area (Å²) in [5.74, 6) is 0.0535. The molecule has 3 aromatic heterocycles. The highest BCUT2D eigenvalue weighted by molar-refractivity contribution is 6.30. The van der Waals surface area contributed by atoms with Gasteiger partial charge >= 0.3 is 0 Å². The van der Waals surface area contributed by atoms with Gasteiger partial charge in [-0.1, -0.05) is 23.7 Å². The Balaban J connectivity index is 1.48. The number of rotatable bonds is 4. The SMILES string of the molecule is O=C(Cn1cnc(-c2ccc(Cl)cc2)c1-c1ccncc1)N1CCn2cncc2C1. The molecule has 30 heavy (non-hydrogen) atoms. The Bertz CT molecular complexity index is 1180. The summed E-state index contributed by atoms with van der Waals surface area (Å²) < 4.78 is 4.00. The molecule has 0 radical (unpaired) electrons. The van der Waals surface area contributed by atoms with E-state index in [0.717, 1.165) is 34.8 Å². The second kappa shape index (κ2) is 7.76. The fourth-order valence-electron chi connectivity index (χ4n) is 3.78. The lowest BCUT2D eigenvalue weighted by Crippen LogP contribution is -2.39. The van der Waals surface area contributed by atoms with Crippen molar-refractivity contribution in [2.75, 3.05) is 6.54 Å². The number of amides is 1. The van der Waals surface area contributed by atoms with Gasteiger partial charge in [0.15, 0.2) is 0 Å². The summed E-state index contributed by atoms with van der Waals surface area (Å²) in [6.45, 7) is 2.22. The molecule has 1 aliphatic rings. The lowest BCUT2D eigenvalue weighted by atomic mass is 10.1. The first-order valence-corrected chi connectivity index (χ1v) is 10.0. The van der Waals surface area contributed by atoms with Crippen LogP contribution < -0.4 is 0 Å². The summed E-state index contributed by atoms with van der Waals surface area (Å²) in [5, 5.41) is 0.670. The van der Waals surface area contributed by atoms with Crippen LogP contribution in [0.3, 0.4) is 0 Å². The number of aromatic nitrogens is 5. The van der Waals surface area contributed by atoms with Crippen molar-refractivity contribution in [1.29, 1.82) is 0 Å². The molecule has 0 aliphatic carbocycles. The maximum atomic E-state index is 13.1.